The molecule has 0 radical (unpaired) electrons. The highest BCUT2D eigenvalue weighted by Crippen LogP contribution is 2.20. The number of carbonyl (C=O) groups is 1. The molecule has 3 rings (SSSR count). The molecular weight excluding hydrogens is 274 g/mol. The smallest absolute Gasteiger partial charge is 0.271 e. The molecule has 0 saturated heterocycles. The Morgan fingerprint density at radius 1 is 1.45 bits per heavy atom. The maximum absolute atomic E-state index is 11.8. The first-order chi connectivity index (χ1) is 9.78. The van der Waals surface area contributed by atoms with E-state index in [-0.39, 0.29) is 5.91 Å². The van der Waals surface area contributed by atoms with Crippen LogP contribution < -0.4 is 10.2 Å². The summed E-state index contributed by atoms with van der Waals surface area (Å²) < 4.78 is 2.08. The first kappa shape index (κ1) is 13.1. The lowest BCUT2D eigenvalue weighted by molar-refractivity contribution is 0.0951. The number of carbonyl (C=O) groups excluding carboxylic acids is 1. The van der Waals surface area contributed by atoms with Crippen molar-refractivity contribution in [2.45, 2.75) is 19.9 Å². The SMILES string of the molecule is CCNC(=O)c1cn2c(n1)CCN(c1nccs1)CC2. The third-order valence-electron chi connectivity index (χ3n) is 3.34. The molecule has 1 N–H and O–H groups in total. The number of amides is 1. The summed E-state index contributed by atoms with van der Waals surface area (Å²) in [5.41, 5.74) is 0.518. The van der Waals surface area contributed by atoms with Crippen LogP contribution in [-0.4, -0.2) is 40.1 Å². The van der Waals surface area contributed by atoms with Gasteiger partial charge in [0, 0.05) is 50.4 Å². The van der Waals surface area contributed by atoms with E-state index >= 15 is 0 Å². The second-order valence-corrected chi connectivity index (χ2v) is 5.52. The van der Waals surface area contributed by atoms with Gasteiger partial charge in [-0.3, -0.25) is 4.79 Å². The average molecular weight is 291 g/mol. The Morgan fingerprint density at radius 2 is 2.35 bits per heavy atom. The summed E-state index contributed by atoms with van der Waals surface area (Å²) in [5.74, 6) is 0.884. The van der Waals surface area contributed by atoms with Gasteiger partial charge >= 0.3 is 0 Å². The molecule has 0 unspecified atom stereocenters. The Bertz CT molecular complexity index is 566. The Hall–Kier alpha value is -1.89. The number of nitrogens with zero attached hydrogens (tertiary/aromatic N) is 4. The van der Waals surface area contributed by atoms with Gasteiger partial charge in [-0.2, -0.15) is 0 Å². The summed E-state index contributed by atoms with van der Waals surface area (Å²) >= 11 is 1.66. The van der Waals surface area contributed by atoms with Gasteiger partial charge in [-0.1, -0.05) is 0 Å². The topological polar surface area (TPSA) is 63.1 Å². The van der Waals surface area contributed by atoms with Gasteiger partial charge in [-0.15, -0.1) is 11.3 Å². The van der Waals surface area contributed by atoms with Crippen LogP contribution in [0.5, 0.6) is 0 Å². The van der Waals surface area contributed by atoms with Gasteiger partial charge in [0.15, 0.2) is 5.13 Å². The van der Waals surface area contributed by atoms with E-state index in [4.69, 9.17) is 0 Å². The van der Waals surface area contributed by atoms with Crippen LogP contribution >= 0.6 is 11.3 Å². The van der Waals surface area contributed by atoms with Crippen molar-refractivity contribution >= 4 is 22.4 Å². The molecule has 0 atom stereocenters. The highest BCUT2D eigenvalue weighted by atomic mass is 32.1. The Morgan fingerprint density at radius 3 is 3.10 bits per heavy atom. The van der Waals surface area contributed by atoms with E-state index in [0.717, 1.165) is 37.0 Å². The minimum atomic E-state index is -0.0927. The van der Waals surface area contributed by atoms with E-state index in [1.54, 1.807) is 11.3 Å². The summed E-state index contributed by atoms with van der Waals surface area (Å²) in [6.07, 6.45) is 4.52. The average Bonchev–Trinajstić information content (AvgIpc) is 3.06. The lowest BCUT2D eigenvalue weighted by Gasteiger charge is -2.18. The molecule has 0 aliphatic carbocycles. The Kier molecular flexibility index (Phi) is 3.68. The van der Waals surface area contributed by atoms with Gasteiger partial charge < -0.3 is 14.8 Å². The number of aromatic nitrogens is 3. The third kappa shape index (κ3) is 2.53. The molecule has 1 aliphatic heterocycles. The van der Waals surface area contributed by atoms with Gasteiger partial charge in [0.2, 0.25) is 0 Å². The molecule has 3 heterocycles. The number of rotatable bonds is 3. The van der Waals surface area contributed by atoms with E-state index in [2.05, 4.69) is 24.8 Å². The van der Waals surface area contributed by atoms with Crippen molar-refractivity contribution in [3.05, 3.63) is 29.3 Å². The minimum Gasteiger partial charge on any atom is -0.351 e. The highest BCUT2D eigenvalue weighted by molar-refractivity contribution is 7.13. The molecule has 0 spiro atoms. The number of hydrogen-bond donors (Lipinski definition) is 1. The fourth-order valence-electron chi connectivity index (χ4n) is 2.35. The van der Waals surface area contributed by atoms with Crippen molar-refractivity contribution in [1.29, 1.82) is 0 Å². The molecule has 0 saturated carbocycles. The number of anilines is 1. The van der Waals surface area contributed by atoms with Crippen LogP contribution in [0.1, 0.15) is 23.2 Å². The summed E-state index contributed by atoms with van der Waals surface area (Å²) in [7, 11) is 0. The zero-order valence-electron chi connectivity index (χ0n) is 11.4. The molecule has 0 aromatic carbocycles. The van der Waals surface area contributed by atoms with Crippen molar-refractivity contribution < 1.29 is 4.79 Å². The highest BCUT2D eigenvalue weighted by Gasteiger charge is 2.19. The number of fused-ring (bicyclic) bond motifs is 1. The van der Waals surface area contributed by atoms with Crippen molar-refractivity contribution in [2.75, 3.05) is 24.5 Å². The lowest BCUT2D eigenvalue weighted by Crippen LogP contribution is -2.26. The van der Waals surface area contributed by atoms with Crippen LogP contribution in [0, 0.1) is 0 Å². The van der Waals surface area contributed by atoms with E-state index in [0.29, 0.717) is 12.2 Å². The first-order valence-corrected chi connectivity index (χ1v) is 7.64. The van der Waals surface area contributed by atoms with Crippen LogP contribution in [-0.2, 0) is 13.0 Å². The number of imidazole rings is 1. The van der Waals surface area contributed by atoms with Crippen LogP contribution in [0.4, 0.5) is 5.13 Å². The first-order valence-electron chi connectivity index (χ1n) is 6.76. The molecule has 6 nitrogen and oxygen atoms in total. The predicted octanol–water partition coefficient (Wildman–Crippen LogP) is 1.15. The molecule has 0 fully saturated rings. The summed E-state index contributed by atoms with van der Waals surface area (Å²) in [4.78, 5) is 22.9. The zero-order valence-corrected chi connectivity index (χ0v) is 12.2. The van der Waals surface area contributed by atoms with Gasteiger partial charge in [0.1, 0.15) is 11.5 Å². The van der Waals surface area contributed by atoms with Crippen LogP contribution in [0.2, 0.25) is 0 Å². The van der Waals surface area contributed by atoms with Crippen LogP contribution in [0.3, 0.4) is 0 Å². The molecule has 106 valence electrons. The van der Waals surface area contributed by atoms with Crippen molar-refractivity contribution in [3.8, 4) is 0 Å². The molecule has 20 heavy (non-hydrogen) atoms. The lowest BCUT2D eigenvalue weighted by atomic mass is 10.4. The standard InChI is InChI=1S/C13H17N5OS/c1-2-14-12(19)10-9-18-7-6-17(5-3-11(18)16-10)13-15-4-8-20-13/h4,8-9H,2-3,5-7H2,1H3,(H,14,19). The van der Waals surface area contributed by atoms with E-state index in [1.807, 2.05) is 24.7 Å². The molecular formula is C13H17N5OS. The van der Waals surface area contributed by atoms with E-state index < -0.39 is 0 Å². The van der Waals surface area contributed by atoms with E-state index in [1.165, 1.54) is 0 Å². The molecule has 7 heteroatoms. The predicted molar refractivity (Wildman–Crippen MR) is 78.3 cm³/mol. The zero-order chi connectivity index (χ0) is 13.9. The summed E-state index contributed by atoms with van der Waals surface area (Å²) in [6.45, 7) is 5.15. The van der Waals surface area contributed by atoms with Crippen LogP contribution in [0.15, 0.2) is 17.8 Å². The quantitative estimate of drug-likeness (QED) is 0.921. The Labute approximate surface area is 121 Å². The maximum Gasteiger partial charge on any atom is 0.271 e. The van der Waals surface area contributed by atoms with Crippen molar-refractivity contribution in [3.63, 3.8) is 0 Å². The largest absolute Gasteiger partial charge is 0.351 e. The fourth-order valence-corrected chi connectivity index (χ4v) is 3.04. The second kappa shape index (κ2) is 5.62. The molecule has 1 aliphatic rings. The number of nitrogens with one attached hydrogen (secondary N) is 1. The number of hydrogen-bond acceptors (Lipinski definition) is 5. The summed E-state index contributed by atoms with van der Waals surface area (Å²) in [6, 6.07) is 0. The van der Waals surface area contributed by atoms with Gasteiger partial charge in [0.25, 0.3) is 5.91 Å². The van der Waals surface area contributed by atoms with Gasteiger partial charge in [0.05, 0.1) is 0 Å². The second-order valence-electron chi connectivity index (χ2n) is 4.65. The minimum absolute atomic E-state index is 0.0927. The van der Waals surface area contributed by atoms with E-state index in [9.17, 15) is 4.79 Å². The summed E-state index contributed by atoms with van der Waals surface area (Å²) in [5, 5.41) is 5.83. The van der Waals surface area contributed by atoms with Crippen molar-refractivity contribution in [1.82, 2.24) is 19.9 Å². The van der Waals surface area contributed by atoms with Gasteiger partial charge in [-0.25, -0.2) is 9.97 Å². The third-order valence-corrected chi connectivity index (χ3v) is 4.17. The Balaban J connectivity index is 1.73. The van der Waals surface area contributed by atoms with Crippen molar-refractivity contribution in [2.24, 2.45) is 0 Å². The fraction of sp³-hybridized carbons (Fsp3) is 0.462. The molecule has 0 bridgehead atoms. The normalized spacial score (nSPS) is 14.8. The molecule has 1 amide bonds. The molecule has 2 aromatic heterocycles. The van der Waals surface area contributed by atoms with Crippen LogP contribution in [0.25, 0.3) is 0 Å². The van der Waals surface area contributed by atoms with Gasteiger partial charge in [-0.05, 0) is 6.92 Å². The molecule has 2 aromatic rings. The number of thiazole rings is 1. The maximum atomic E-state index is 11.8. The monoisotopic (exact) mass is 291 g/mol.